The third-order valence-corrected chi connectivity index (χ3v) is 4.60. The van der Waals surface area contributed by atoms with Gasteiger partial charge in [-0.25, -0.2) is 8.42 Å². The molecule has 4 nitrogen and oxygen atoms in total. The van der Waals surface area contributed by atoms with Gasteiger partial charge in [-0.3, -0.25) is 0 Å². The van der Waals surface area contributed by atoms with Gasteiger partial charge in [0.15, 0.2) is 9.84 Å². The Hall–Kier alpha value is -1.23. The van der Waals surface area contributed by atoms with Gasteiger partial charge in [-0.05, 0) is 30.9 Å². The quantitative estimate of drug-likeness (QED) is 0.807. The normalized spacial score (nSPS) is 11.8. The van der Waals surface area contributed by atoms with Gasteiger partial charge in [0.2, 0.25) is 0 Å². The molecule has 0 saturated heterocycles. The van der Waals surface area contributed by atoms with E-state index in [0.29, 0.717) is 18.1 Å². The molecule has 2 N–H and O–H groups in total. The molecule has 5 heteroatoms. The van der Waals surface area contributed by atoms with Crippen molar-refractivity contribution in [3.8, 4) is 5.75 Å². The number of methoxy groups -OCH3 is 1. The monoisotopic (exact) mass is 271 g/mol. The lowest BCUT2D eigenvalue weighted by Crippen LogP contribution is -2.10. The second-order valence-corrected chi connectivity index (χ2v) is 6.84. The van der Waals surface area contributed by atoms with E-state index in [2.05, 4.69) is 13.8 Å². The molecule has 0 radical (unpaired) electrons. The molecule has 0 aliphatic heterocycles. The molecule has 0 aliphatic carbocycles. The fourth-order valence-corrected chi connectivity index (χ4v) is 3.19. The third kappa shape index (κ3) is 3.91. The number of hydrogen-bond donors (Lipinski definition) is 1. The molecule has 0 fully saturated rings. The first-order valence-corrected chi connectivity index (χ1v) is 7.68. The van der Waals surface area contributed by atoms with Gasteiger partial charge in [-0.1, -0.05) is 13.8 Å². The number of hydrogen-bond acceptors (Lipinski definition) is 4. The molecule has 0 unspecified atom stereocenters. The zero-order chi connectivity index (χ0) is 13.8. The number of ether oxygens (including phenoxy) is 1. The van der Waals surface area contributed by atoms with E-state index in [4.69, 9.17) is 10.5 Å². The van der Waals surface area contributed by atoms with Crippen molar-refractivity contribution in [2.45, 2.75) is 31.6 Å². The summed E-state index contributed by atoms with van der Waals surface area (Å²) in [7, 11) is -1.82. The number of benzene rings is 1. The first-order valence-electron chi connectivity index (χ1n) is 6.03. The van der Waals surface area contributed by atoms with E-state index >= 15 is 0 Å². The van der Waals surface area contributed by atoms with Crippen LogP contribution in [0.1, 0.15) is 26.7 Å². The summed E-state index contributed by atoms with van der Waals surface area (Å²) in [5.74, 6) is 1.14. The van der Waals surface area contributed by atoms with Crippen molar-refractivity contribution < 1.29 is 13.2 Å². The number of rotatable bonds is 6. The predicted molar refractivity (Wildman–Crippen MR) is 73.5 cm³/mol. The van der Waals surface area contributed by atoms with Gasteiger partial charge < -0.3 is 10.5 Å². The van der Waals surface area contributed by atoms with Crippen LogP contribution in [0, 0.1) is 5.92 Å². The average Bonchev–Trinajstić information content (AvgIpc) is 2.28. The lowest BCUT2D eigenvalue weighted by atomic mass is 10.1. The second kappa shape index (κ2) is 6.09. The molecule has 1 aromatic carbocycles. The summed E-state index contributed by atoms with van der Waals surface area (Å²) >= 11 is 0. The Labute approximate surface area is 109 Å². The van der Waals surface area contributed by atoms with Crippen molar-refractivity contribution in [3.05, 3.63) is 18.2 Å². The van der Waals surface area contributed by atoms with E-state index in [-0.39, 0.29) is 16.3 Å². The van der Waals surface area contributed by atoms with Gasteiger partial charge in [-0.2, -0.15) is 0 Å². The molecule has 0 heterocycles. The number of sulfone groups is 1. The highest BCUT2D eigenvalue weighted by atomic mass is 32.2. The van der Waals surface area contributed by atoms with E-state index in [1.807, 2.05) is 0 Å². The molecule has 0 saturated carbocycles. The molecule has 18 heavy (non-hydrogen) atoms. The van der Waals surface area contributed by atoms with Crippen LogP contribution >= 0.6 is 0 Å². The Kier molecular flexibility index (Phi) is 5.02. The molecule has 1 rings (SSSR count). The van der Waals surface area contributed by atoms with Gasteiger partial charge in [0.25, 0.3) is 0 Å². The molecule has 0 spiro atoms. The van der Waals surface area contributed by atoms with Crippen LogP contribution in [0.25, 0.3) is 0 Å². The van der Waals surface area contributed by atoms with Gasteiger partial charge in [0.1, 0.15) is 5.75 Å². The average molecular weight is 271 g/mol. The van der Waals surface area contributed by atoms with Gasteiger partial charge in [0.05, 0.1) is 23.4 Å². The van der Waals surface area contributed by atoms with E-state index in [1.165, 1.54) is 13.2 Å². The van der Waals surface area contributed by atoms with Crippen LogP contribution in [0.15, 0.2) is 23.1 Å². The SMILES string of the molecule is COc1ccc(N)c(S(=O)(=O)CCCC(C)C)c1. The fourth-order valence-electron chi connectivity index (χ4n) is 1.70. The van der Waals surface area contributed by atoms with Gasteiger partial charge >= 0.3 is 0 Å². The summed E-state index contributed by atoms with van der Waals surface area (Å²) in [4.78, 5) is 0.172. The van der Waals surface area contributed by atoms with E-state index in [0.717, 1.165) is 6.42 Å². The Morgan fingerprint density at radius 1 is 1.33 bits per heavy atom. The Morgan fingerprint density at radius 2 is 2.00 bits per heavy atom. The molecular weight excluding hydrogens is 250 g/mol. The molecule has 0 atom stereocenters. The molecule has 102 valence electrons. The summed E-state index contributed by atoms with van der Waals surface area (Å²) < 4.78 is 29.4. The van der Waals surface area contributed by atoms with Crippen molar-refractivity contribution >= 4 is 15.5 Å². The lowest BCUT2D eigenvalue weighted by Gasteiger charge is -2.10. The largest absolute Gasteiger partial charge is 0.497 e. The maximum Gasteiger partial charge on any atom is 0.180 e. The third-order valence-electron chi connectivity index (χ3n) is 2.75. The summed E-state index contributed by atoms with van der Waals surface area (Å²) in [6.45, 7) is 4.15. The van der Waals surface area contributed by atoms with Crippen LogP contribution in [0.5, 0.6) is 5.75 Å². The van der Waals surface area contributed by atoms with E-state index in [1.54, 1.807) is 12.1 Å². The second-order valence-electron chi connectivity index (χ2n) is 4.76. The number of nitrogen functional groups attached to an aromatic ring is 1. The highest BCUT2D eigenvalue weighted by Crippen LogP contribution is 2.25. The lowest BCUT2D eigenvalue weighted by molar-refractivity contribution is 0.413. The maximum atomic E-state index is 12.2. The number of anilines is 1. The van der Waals surface area contributed by atoms with Crippen LogP contribution in [0.3, 0.4) is 0 Å². The summed E-state index contributed by atoms with van der Waals surface area (Å²) in [5, 5.41) is 0. The van der Waals surface area contributed by atoms with Crippen LogP contribution in [-0.4, -0.2) is 21.3 Å². The topological polar surface area (TPSA) is 69.4 Å². The smallest absolute Gasteiger partial charge is 0.180 e. The molecule has 0 aliphatic rings. The van der Waals surface area contributed by atoms with Crippen LogP contribution in [0.2, 0.25) is 0 Å². The zero-order valence-electron chi connectivity index (χ0n) is 11.1. The Balaban J connectivity index is 2.90. The van der Waals surface area contributed by atoms with Gasteiger partial charge in [0, 0.05) is 6.07 Å². The first kappa shape index (κ1) is 14.8. The van der Waals surface area contributed by atoms with Crippen molar-refractivity contribution in [1.29, 1.82) is 0 Å². The first-order chi connectivity index (χ1) is 8.36. The molecule has 0 amide bonds. The van der Waals surface area contributed by atoms with Crippen LogP contribution < -0.4 is 10.5 Å². The zero-order valence-corrected chi connectivity index (χ0v) is 12.0. The Morgan fingerprint density at radius 3 is 2.56 bits per heavy atom. The summed E-state index contributed by atoms with van der Waals surface area (Å²) in [5.41, 5.74) is 6.01. The van der Waals surface area contributed by atoms with E-state index < -0.39 is 9.84 Å². The van der Waals surface area contributed by atoms with Crippen molar-refractivity contribution in [2.24, 2.45) is 5.92 Å². The minimum absolute atomic E-state index is 0.128. The minimum atomic E-state index is -3.32. The van der Waals surface area contributed by atoms with E-state index in [9.17, 15) is 8.42 Å². The molecular formula is C13H21NO3S. The summed E-state index contributed by atoms with van der Waals surface area (Å²) in [6, 6.07) is 4.71. The van der Waals surface area contributed by atoms with Gasteiger partial charge in [-0.15, -0.1) is 0 Å². The standard InChI is InChI=1S/C13H21NO3S/c1-10(2)5-4-8-18(15,16)13-9-11(17-3)6-7-12(13)14/h6-7,9-10H,4-5,8,14H2,1-3H3. The Bertz CT molecular complexity index is 495. The van der Waals surface area contributed by atoms with Crippen LogP contribution in [-0.2, 0) is 9.84 Å². The highest BCUT2D eigenvalue weighted by Gasteiger charge is 2.18. The number of nitrogens with two attached hydrogens (primary N) is 1. The van der Waals surface area contributed by atoms with Crippen molar-refractivity contribution in [2.75, 3.05) is 18.6 Å². The molecule has 0 aromatic heterocycles. The van der Waals surface area contributed by atoms with Crippen molar-refractivity contribution in [3.63, 3.8) is 0 Å². The summed E-state index contributed by atoms with van der Waals surface area (Å²) in [6.07, 6.45) is 1.54. The fraction of sp³-hybridized carbons (Fsp3) is 0.538. The highest BCUT2D eigenvalue weighted by molar-refractivity contribution is 7.91. The minimum Gasteiger partial charge on any atom is -0.497 e. The van der Waals surface area contributed by atoms with Crippen LogP contribution in [0.4, 0.5) is 5.69 Å². The predicted octanol–water partition coefficient (Wildman–Crippen LogP) is 2.49. The molecule has 0 bridgehead atoms. The maximum absolute atomic E-state index is 12.2. The van der Waals surface area contributed by atoms with Crippen molar-refractivity contribution in [1.82, 2.24) is 0 Å². The molecule has 1 aromatic rings.